The molecule has 0 fully saturated rings. The van der Waals surface area contributed by atoms with E-state index in [4.69, 9.17) is 0 Å². The Kier molecular flexibility index (Phi) is 4.92. The number of rotatable bonds is 5. The van der Waals surface area contributed by atoms with E-state index in [9.17, 15) is 0 Å². The number of aryl methyl sites for hydroxylation is 1. The number of thioether (sulfide) groups is 1. The lowest BCUT2D eigenvalue weighted by molar-refractivity contribution is 0.687. The first-order valence-corrected chi connectivity index (χ1v) is 10.9. The van der Waals surface area contributed by atoms with E-state index in [0.717, 1.165) is 42.8 Å². The van der Waals surface area contributed by atoms with Crippen LogP contribution in [-0.2, 0) is 6.54 Å². The molecule has 0 amide bonds. The molecule has 0 aliphatic heterocycles. The summed E-state index contributed by atoms with van der Waals surface area (Å²) in [6.07, 6.45) is 3.57. The van der Waals surface area contributed by atoms with Gasteiger partial charge in [0.15, 0.2) is 21.0 Å². The Labute approximate surface area is 163 Å². The van der Waals surface area contributed by atoms with Crippen LogP contribution in [0.2, 0.25) is 0 Å². The second kappa shape index (κ2) is 7.34. The second-order valence-corrected chi connectivity index (χ2v) is 8.55. The van der Waals surface area contributed by atoms with Crippen LogP contribution < -0.4 is 0 Å². The van der Waals surface area contributed by atoms with E-state index in [-0.39, 0.29) is 0 Å². The molecule has 0 N–H and O–H groups in total. The summed E-state index contributed by atoms with van der Waals surface area (Å²) in [6, 6.07) is 8.31. The molecule has 6 nitrogen and oxygen atoms in total. The average molecular weight is 401 g/mol. The summed E-state index contributed by atoms with van der Waals surface area (Å²) in [5, 5.41) is 10.5. The number of hydrogen-bond donors (Lipinski definition) is 0. The van der Waals surface area contributed by atoms with Crippen LogP contribution in [0.3, 0.4) is 0 Å². The van der Waals surface area contributed by atoms with Crippen molar-refractivity contribution in [1.82, 2.24) is 29.7 Å². The molecule has 0 aliphatic rings. The largest absolute Gasteiger partial charge is 0.302 e. The standard InChI is InChI=1S/C17H16N6S3/c1-4-23-14(11-7-5-6-10(2)8-11)21-22-16(23)26-15-12-13(18-9-19-15)20-17(24-3)25-12/h5-9H,4H2,1-3H3. The normalized spacial score (nSPS) is 11.3. The molecule has 0 aliphatic carbocycles. The van der Waals surface area contributed by atoms with Crippen molar-refractivity contribution in [3.8, 4) is 11.4 Å². The maximum absolute atomic E-state index is 4.51. The van der Waals surface area contributed by atoms with Crippen molar-refractivity contribution in [2.75, 3.05) is 6.26 Å². The molecule has 4 rings (SSSR count). The van der Waals surface area contributed by atoms with E-state index in [0.29, 0.717) is 0 Å². The Hall–Kier alpha value is -1.97. The summed E-state index contributed by atoms with van der Waals surface area (Å²) < 4.78 is 4.09. The van der Waals surface area contributed by atoms with Crippen LogP contribution in [-0.4, -0.2) is 36.0 Å². The molecule has 3 aromatic heterocycles. The van der Waals surface area contributed by atoms with Crippen molar-refractivity contribution in [1.29, 1.82) is 0 Å². The van der Waals surface area contributed by atoms with E-state index in [1.807, 2.05) is 12.3 Å². The third-order valence-corrected chi connectivity index (χ3v) is 6.96. The number of aromatic nitrogens is 6. The van der Waals surface area contributed by atoms with Gasteiger partial charge in [-0.05, 0) is 37.9 Å². The zero-order valence-electron chi connectivity index (χ0n) is 14.5. The zero-order valence-corrected chi connectivity index (χ0v) is 17.0. The molecule has 26 heavy (non-hydrogen) atoms. The lowest BCUT2D eigenvalue weighted by atomic mass is 10.1. The molecular formula is C17H16N6S3. The molecule has 0 saturated carbocycles. The Morgan fingerprint density at radius 3 is 2.85 bits per heavy atom. The van der Waals surface area contributed by atoms with Gasteiger partial charge in [0.25, 0.3) is 0 Å². The minimum absolute atomic E-state index is 0.735. The van der Waals surface area contributed by atoms with Crippen LogP contribution in [0.5, 0.6) is 0 Å². The molecule has 0 radical (unpaired) electrons. The zero-order chi connectivity index (χ0) is 18.1. The molecule has 0 saturated heterocycles. The summed E-state index contributed by atoms with van der Waals surface area (Å²) in [7, 11) is 0. The molecule has 9 heteroatoms. The molecule has 0 bridgehead atoms. The van der Waals surface area contributed by atoms with Crippen molar-refractivity contribution in [2.24, 2.45) is 0 Å². The molecule has 132 valence electrons. The van der Waals surface area contributed by atoms with Gasteiger partial charge in [-0.1, -0.05) is 35.5 Å². The lowest BCUT2D eigenvalue weighted by Crippen LogP contribution is -2.00. The minimum Gasteiger partial charge on any atom is -0.302 e. The highest BCUT2D eigenvalue weighted by Crippen LogP contribution is 2.36. The molecule has 4 aromatic rings. The Morgan fingerprint density at radius 1 is 1.19 bits per heavy atom. The minimum atomic E-state index is 0.735. The number of fused-ring (bicyclic) bond motifs is 1. The van der Waals surface area contributed by atoms with Gasteiger partial charge >= 0.3 is 0 Å². The molecule has 0 spiro atoms. The maximum Gasteiger partial charge on any atom is 0.197 e. The van der Waals surface area contributed by atoms with Crippen molar-refractivity contribution < 1.29 is 0 Å². The van der Waals surface area contributed by atoms with Crippen molar-refractivity contribution >= 4 is 45.2 Å². The predicted molar refractivity (Wildman–Crippen MR) is 107 cm³/mol. The second-order valence-electron chi connectivity index (χ2n) is 5.54. The van der Waals surface area contributed by atoms with Gasteiger partial charge in [-0.15, -0.1) is 21.5 Å². The quantitative estimate of drug-likeness (QED) is 0.360. The Morgan fingerprint density at radius 2 is 2.08 bits per heavy atom. The van der Waals surface area contributed by atoms with Crippen LogP contribution in [0.25, 0.3) is 21.7 Å². The van der Waals surface area contributed by atoms with Gasteiger partial charge in [0, 0.05) is 12.1 Å². The van der Waals surface area contributed by atoms with Crippen molar-refractivity contribution in [3.05, 3.63) is 36.2 Å². The lowest BCUT2D eigenvalue weighted by Gasteiger charge is -2.07. The van der Waals surface area contributed by atoms with E-state index < -0.39 is 0 Å². The average Bonchev–Trinajstić information content (AvgIpc) is 3.25. The highest BCUT2D eigenvalue weighted by Gasteiger charge is 2.17. The molecule has 1 aromatic carbocycles. The summed E-state index contributed by atoms with van der Waals surface area (Å²) in [6.45, 7) is 4.96. The van der Waals surface area contributed by atoms with Gasteiger partial charge in [-0.3, -0.25) is 0 Å². The molecule has 0 unspecified atom stereocenters. The van der Waals surface area contributed by atoms with Gasteiger partial charge < -0.3 is 4.57 Å². The van der Waals surface area contributed by atoms with Gasteiger partial charge in [0.05, 0.1) is 0 Å². The smallest absolute Gasteiger partial charge is 0.197 e. The monoisotopic (exact) mass is 400 g/mol. The molecule has 0 atom stereocenters. The fourth-order valence-electron chi connectivity index (χ4n) is 2.61. The summed E-state index contributed by atoms with van der Waals surface area (Å²) in [4.78, 5) is 13.2. The van der Waals surface area contributed by atoms with E-state index in [1.165, 1.54) is 17.3 Å². The summed E-state index contributed by atoms with van der Waals surface area (Å²) in [5.41, 5.74) is 3.01. The number of thiazole rings is 1. The van der Waals surface area contributed by atoms with E-state index in [1.54, 1.807) is 29.4 Å². The van der Waals surface area contributed by atoms with Crippen molar-refractivity contribution in [2.45, 2.75) is 34.9 Å². The Bertz CT molecular complexity index is 1070. The fraction of sp³-hybridized carbons (Fsp3) is 0.235. The van der Waals surface area contributed by atoms with E-state index >= 15 is 0 Å². The van der Waals surface area contributed by atoms with Crippen LogP contribution in [0, 0.1) is 6.92 Å². The third kappa shape index (κ3) is 3.22. The first kappa shape index (κ1) is 17.4. The molecule has 3 heterocycles. The highest BCUT2D eigenvalue weighted by atomic mass is 32.2. The fourth-order valence-corrected chi connectivity index (χ4v) is 5.12. The first-order valence-electron chi connectivity index (χ1n) is 8.03. The third-order valence-electron chi connectivity index (χ3n) is 3.81. The maximum atomic E-state index is 4.51. The highest BCUT2D eigenvalue weighted by molar-refractivity contribution is 8.00. The number of benzene rings is 1. The molecular weight excluding hydrogens is 384 g/mol. The number of nitrogens with zero attached hydrogens (tertiary/aromatic N) is 6. The number of hydrogen-bond acceptors (Lipinski definition) is 8. The predicted octanol–water partition coefficient (Wildman–Crippen LogP) is 4.55. The first-order chi connectivity index (χ1) is 12.7. The van der Waals surface area contributed by atoms with Crippen molar-refractivity contribution in [3.63, 3.8) is 0 Å². The van der Waals surface area contributed by atoms with Crippen LogP contribution in [0.15, 0.2) is 45.1 Å². The summed E-state index contributed by atoms with van der Waals surface area (Å²) >= 11 is 4.74. The summed E-state index contributed by atoms with van der Waals surface area (Å²) in [5.74, 6) is 0.873. The van der Waals surface area contributed by atoms with Crippen LogP contribution in [0.4, 0.5) is 0 Å². The van der Waals surface area contributed by atoms with Gasteiger partial charge in [-0.25, -0.2) is 15.0 Å². The van der Waals surface area contributed by atoms with Crippen LogP contribution in [0.1, 0.15) is 12.5 Å². The Balaban J connectivity index is 1.75. The topological polar surface area (TPSA) is 69.4 Å². The van der Waals surface area contributed by atoms with Gasteiger partial charge in [0.2, 0.25) is 0 Å². The van der Waals surface area contributed by atoms with Gasteiger partial charge in [-0.2, -0.15) is 0 Å². The van der Waals surface area contributed by atoms with Gasteiger partial charge in [0.1, 0.15) is 16.1 Å². The van der Waals surface area contributed by atoms with Crippen LogP contribution >= 0.6 is 34.9 Å². The van der Waals surface area contributed by atoms with E-state index in [2.05, 4.69) is 61.8 Å². The SMILES string of the molecule is CCn1c(Sc2ncnc3nc(SC)sc23)nnc1-c1cccc(C)c1.